The molecule has 0 aromatic rings. The average molecular weight is 185 g/mol. The van der Waals surface area contributed by atoms with Crippen molar-refractivity contribution < 1.29 is 9.90 Å². The number of hydrogen-bond donors (Lipinski definition) is 1. The predicted octanol–water partition coefficient (Wildman–Crippen LogP) is 1.18. The van der Waals surface area contributed by atoms with E-state index in [2.05, 4.69) is 6.58 Å². The molecular weight excluding hydrogens is 166 g/mol. The maximum atomic E-state index is 11.2. The molecule has 0 saturated heterocycles. The maximum absolute atomic E-state index is 11.2. The van der Waals surface area contributed by atoms with Crippen LogP contribution in [0.5, 0.6) is 0 Å². The van der Waals surface area contributed by atoms with Gasteiger partial charge in [0.15, 0.2) is 0 Å². The highest BCUT2D eigenvalue weighted by molar-refractivity contribution is 5.86. The van der Waals surface area contributed by atoms with E-state index < -0.39 is 0 Å². The Morgan fingerprint density at radius 1 is 1.46 bits per heavy atom. The molecular formula is C10H19NO2. The fourth-order valence-electron chi connectivity index (χ4n) is 1.15. The first-order chi connectivity index (χ1) is 6.26. The minimum atomic E-state index is -0.0141. The molecule has 0 atom stereocenters. The molecule has 0 aromatic heterocycles. The second-order valence-corrected chi connectivity index (χ2v) is 2.96. The van der Waals surface area contributed by atoms with Crippen molar-refractivity contribution in [2.24, 2.45) is 0 Å². The van der Waals surface area contributed by atoms with Crippen LogP contribution < -0.4 is 0 Å². The highest BCUT2D eigenvalue weighted by Crippen LogP contribution is 1.98. The molecule has 13 heavy (non-hydrogen) atoms. The third kappa shape index (κ3) is 5.42. The first-order valence-electron chi connectivity index (χ1n) is 4.78. The van der Waals surface area contributed by atoms with Gasteiger partial charge < -0.3 is 10.0 Å². The van der Waals surface area contributed by atoms with Gasteiger partial charge in [0, 0.05) is 19.7 Å². The standard InChI is InChI=1S/C10H19NO2/c1-3-7-11(10(13)4-2)8-5-6-9-12/h4,12H,2-3,5-9H2,1H3. The van der Waals surface area contributed by atoms with E-state index in [1.54, 1.807) is 4.90 Å². The number of nitrogens with zero attached hydrogens (tertiary/aromatic N) is 1. The first-order valence-corrected chi connectivity index (χ1v) is 4.78. The normalized spacial score (nSPS) is 9.69. The Kier molecular flexibility index (Phi) is 7.30. The minimum absolute atomic E-state index is 0.0141. The van der Waals surface area contributed by atoms with Gasteiger partial charge in [-0.3, -0.25) is 4.79 Å². The Hall–Kier alpha value is -0.830. The van der Waals surface area contributed by atoms with Gasteiger partial charge in [-0.2, -0.15) is 0 Å². The van der Waals surface area contributed by atoms with Gasteiger partial charge in [-0.15, -0.1) is 0 Å². The number of carbonyl (C=O) groups is 1. The summed E-state index contributed by atoms with van der Waals surface area (Å²) in [7, 11) is 0. The molecule has 0 saturated carbocycles. The van der Waals surface area contributed by atoms with Crippen LogP contribution in [0.15, 0.2) is 12.7 Å². The molecule has 76 valence electrons. The van der Waals surface area contributed by atoms with Gasteiger partial charge in [0.1, 0.15) is 0 Å². The van der Waals surface area contributed by atoms with E-state index in [0.29, 0.717) is 0 Å². The van der Waals surface area contributed by atoms with Crippen LogP contribution in [0.25, 0.3) is 0 Å². The Morgan fingerprint density at radius 3 is 2.62 bits per heavy atom. The fourth-order valence-corrected chi connectivity index (χ4v) is 1.15. The Labute approximate surface area is 80.0 Å². The molecule has 0 aliphatic heterocycles. The Balaban J connectivity index is 3.79. The smallest absolute Gasteiger partial charge is 0.245 e. The van der Waals surface area contributed by atoms with E-state index in [1.807, 2.05) is 6.92 Å². The maximum Gasteiger partial charge on any atom is 0.245 e. The highest BCUT2D eigenvalue weighted by atomic mass is 16.2. The van der Waals surface area contributed by atoms with E-state index in [9.17, 15) is 4.79 Å². The molecule has 0 aliphatic rings. The highest BCUT2D eigenvalue weighted by Gasteiger charge is 2.07. The van der Waals surface area contributed by atoms with Crippen molar-refractivity contribution in [3.05, 3.63) is 12.7 Å². The van der Waals surface area contributed by atoms with Crippen LogP contribution in [0.3, 0.4) is 0 Å². The summed E-state index contributed by atoms with van der Waals surface area (Å²) in [5.74, 6) is -0.0141. The van der Waals surface area contributed by atoms with Crippen LogP contribution >= 0.6 is 0 Å². The van der Waals surface area contributed by atoms with Gasteiger partial charge in [0.2, 0.25) is 5.91 Å². The molecule has 0 fully saturated rings. The summed E-state index contributed by atoms with van der Waals surface area (Å²) in [4.78, 5) is 13.0. The molecule has 0 spiro atoms. The van der Waals surface area contributed by atoms with Crippen LogP contribution in [0.4, 0.5) is 0 Å². The SMILES string of the molecule is C=CC(=O)N(CCC)CCCCO. The molecule has 1 N–H and O–H groups in total. The molecule has 0 bridgehead atoms. The van der Waals surface area contributed by atoms with Crippen LogP contribution in [0, 0.1) is 0 Å². The van der Waals surface area contributed by atoms with Gasteiger partial charge in [-0.25, -0.2) is 0 Å². The molecule has 0 heterocycles. The minimum Gasteiger partial charge on any atom is -0.396 e. The first kappa shape index (κ1) is 12.2. The molecule has 1 amide bonds. The van der Waals surface area contributed by atoms with Crippen molar-refractivity contribution in [2.75, 3.05) is 19.7 Å². The van der Waals surface area contributed by atoms with Gasteiger partial charge in [0.25, 0.3) is 0 Å². The van der Waals surface area contributed by atoms with E-state index in [1.165, 1.54) is 6.08 Å². The van der Waals surface area contributed by atoms with Gasteiger partial charge >= 0.3 is 0 Å². The van der Waals surface area contributed by atoms with Crippen LogP contribution in [0.1, 0.15) is 26.2 Å². The van der Waals surface area contributed by atoms with Crippen molar-refractivity contribution in [3.8, 4) is 0 Å². The average Bonchev–Trinajstić information content (AvgIpc) is 2.16. The van der Waals surface area contributed by atoms with Gasteiger partial charge in [-0.1, -0.05) is 13.5 Å². The Bertz CT molecular complexity index is 157. The third-order valence-corrected chi connectivity index (χ3v) is 1.82. The molecule has 0 radical (unpaired) electrons. The van der Waals surface area contributed by atoms with Crippen molar-refractivity contribution in [2.45, 2.75) is 26.2 Å². The van der Waals surface area contributed by atoms with E-state index in [4.69, 9.17) is 5.11 Å². The molecule has 0 rings (SSSR count). The Morgan fingerprint density at radius 2 is 2.15 bits per heavy atom. The lowest BCUT2D eigenvalue weighted by atomic mass is 10.3. The predicted molar refractivity (Wildman–Crippen MR) is 53.4 cm³/mol. The summed E-state index contributed by atoms with van der Waals surface area (Å²) < 4.78 is 0. The van der Waals surface area contributed by atoms with Crippen molar-refractivity contribution in [1.29, 1.82) is 0 Å². The molecule has 3 nitrogen and oxygen atoms in total. The monoisotopic (exact) mass is 185 g/mol. The fraction of sp³-hybridized carbons (Fsp3) is 0.700. The van der Waals surface area contributed by atoms with E-state index in [0.717, 1.165) is 32.4 Å². The van der Waals surface area contributed by atoms with E-state index in [-0.39, 0.29) is 12.5 Å². The number of unbranched alkanes of at least 4 members (excludes halogenated alkanes) is 1. The summed E-state index contributed by atoms with van der Waals surface area (Å²) in [6, 6.07) is 0. The topological polar surface area (TPSA) is 40.5 Å². The second kappa shape index (κ2) is 7.80. The number of amides is 1. The lowest BCUT2D eigenvalue weighted by Crippen LogP contribution is -2.31. The summed E-state index contributed by atoms with van der Waals surface area (Å²) in [5, 5.41) is 8.58. The summed E-state index contributed by atoms with van der Waals surface area (Å²) in [5.41, 5.74) is 0. The van der Waals surface area contributed by atoms with Crippen LogP contribution in [-0.2, 0) is 4.79 Å². The van der Waals surface area contributed by atoms with Crippen molar-refractivity contribution >= 4 is 5.91 Å². The quantitative estimate of drug-likeness (QED) is 0.478. The lowest BCUT2D eigenvalue weighted by molar-refractivity contribution is -0.126. The summed E-state index contributed by atoms with van der Waals surface area (Å²) in [6.45, 7) is 7.18. The number of hydrogen-bond acceptors (Lipinski definition) is 2. The summed E-state index contributed by atoms with van der Waals surface area (Å²) >= 11 is 0. The van der Waals surface area contributed by atoms with Crippen LogP contribution in [-0.4, -0.2) is 35.6 Å². The molecule has 0 aromatic carbocycles. The molecule has 0 unspecified atom stereocenters. The number of rotatable bonds is 7. The number of aliphatic hydroxyl groups excluding tert-OH is 1. The summed E-state index contributed by atoms with van der Waals surface area (Å²) in [6.07, 6.45) is 3.91. The lowest BCUT2D eigenvalue weighted by Gasteiger charge is -2.19. The molecule has 0 aliphatic carbocycles. The largest absolute Gasteiger partial charge is 0.396 e. The van der Waals surface area contributed by atoms with Crippen molar-refractivity contribution in [1.82, 2.24) is 4.90 Å². The third-order valence-electron chi connectivity index (χ3n) is 1.82. The zero-order valence-electron chi connectivity index (χ0n) is 8.33. The number of carbonyl (C=O) groups excluding carboxylic acids is 1. The second-order valence-electron chi connectivity index (χ2n) is 2.96. The zero-order chi connectivity index (χ0) is 10.1. The van der Waals surface area contributed by atoms with Crippen LogP contribution in [0.2, 0.25) is 0 Å². The molecule has 3 heteroatoms. The zero-order valence-corrected chi connectivity index (χ0v) is 8.33. The van der Waals surface area contributed by atoms with Crippen molar-refractivity contribution in [3.63, 3.8) is 0 Å². The van der Waals surface area contributed by atoms with Gasteiger partial charge in [0.05, 0.1) is 0 Å². The number of aliphatic hydroxyl groups is 1. The van der Waals surface area contributed by atoms with Gasteiger partial charge in [-0.05, 0) is 25.3 Å². The van der Waals surface area contributed by atoms with E-state index >= 15 is 0 Å².